The summed E-state index contributed by atoms with van der Waals surface area (Å²) in [4.78, 5) is 14.7. The van der Waals surface area contributed by atoms with E-state index in [1.165, 1.54) is 0 Å². The number of H-pyrrole nitrogens is 1. The Kier molecular flexibility index (Phi) is 4.84. The van der Waals surface area contributed by atoms with Crippen LogP contribution in [0.5, 0.6) is 5.75 Å². The molecule has 0 atom stereocenters. The maximum absolute atomic E-state index is 12.1. The molecule has 1 heterocycles. The van der Waals surface area contributed by atoms with Crippen LogP contribution in [-0.4, -0.2) is 26.0 Å². The molecule has 3 rings (SSSR count). The first kappa shape index (κ1) is 16.4. The summed E-state index contributed by atoms with van der Waals surface area (Å²) >= 11 is 0. The number of hydrogen-bond donors (Lipinski definition) is 3. The Morgan fingerprint density at radius 1 is 1.12 bits per heavy atom. The summed E-state index contributed by atoms with van der Waals surface area (Å²) in [7, 11) is 0. The van der Waals surface area contributed by atoms with Crippen LogP contribution < -0.4 is 11.0 Å². The topological polar surface area (TPSA) is 103 Å². The van der Waals surface area contributed by atoms with Crippen molar-refractivity contribution < 1.29 is 5.11 Å². The smallest absolute Gasteiger partial charge is 0.274 e. The predicted octanol–water partition coefficient (Wildman–Crippen LogP) is 2.30. The third-order valence-corrected chi connectivity index (χ3v) is 3.60. The summed E-state index contributed by atoms with van der Waals surface area (Å²) in [6, 6.07) is 16.4. The van der Waals surface area contributed by atoms with Crippen LogP contribution in [0, 0.1) is 0 Å². The van der Waals surface area contributed by atoms with Gasteiger partial charge in [0, 0.05) is 12.0 Å². The van der Waals surface area contributed by atoms with Crippen LogP contribution in [0.15, 0.2) is 64.5 Å². The molecule has 0 unspecified atom stereocenters. The first-order chi connectivity index (χ1) is 12.1. The minimum atomic E-state index is -0.322. The summed E-state index contributed by atoms with van der Waals surface area (Å²) in [5.74, 6) is 0.264. The number of hydrogen-bond acceptors (Lipinski definition) is 6. The van der Waals surface area contributed by atoms with E-state index in [0.29, 0.717) is 23.4 Å². The number of nitrogens with one attached hydrogen (secondary N) is 2. The second kappa shape index (κ2) is 7.39. The molecule has 0 fully saturated rings. The quantitative estimate of drug-likeness (QED) is 0.490. The largest absolute Gasteiger partial charge is 0.507 e. The minimum Gasteiger partial charge on any atom is -0.507 e. The molecule has 2 aromatic carbocycles. The zero-order valence-corrected chi connectivity index (χ0v) is 13.6. The highest BCUT2D eigenvalue weighted by molar-refractivity contribution is 6.01. The van der Waals surface area contributed by atoms with Gasteiger partial charge < -0.3 is 5.11 Å². The average molecular weight is 335 g/mol. The van der Waals surface area contributed by atoms with Crippen molar-refractivity contribution in [2.45, 2.75) is 13.3 Å². The fraction of sp³-hybridized carbons (Fsp3) is 0.111. The first-order valence-electron chi connectivity index (χ1n) is 7.72. The van der Waals surface area contributed by atoms with Gasteiger partial charge >= 0.3 is 0 Å². The van der Waals surface area contributed by atoms with Gasteiger partial charge in [0.2, 0.25) is 5.95 Å². The number of aromatic nitrogens is 3. The molecule has 0 aliphatic rings. The summed E-state index contributed by atoms with van der Waals surface area (Å²) in [6.45, 7) is 1.73. The number of phenols is 1. The van der Waals surface area contributed by atoms with Gasteiger partial charge in [-0.05, 0) is 24.6 Å². The Morgan fingerprint density at radius 3 is 2.56 bits per heavy atom. The van der Waals surface area contributed by atoms with Gasteiger partial charge in [0.05, 0.1) is 5.71 Å². The molecule has 7 heteroatoms. The molecule has 0 radical (unpaired) electrons. The lowest BCUT2D eigenvalue weighted by molar-refractivity contribution is 0.474. The van der Waals surface area contributed by atoms with E-state index in [-0.39, 0.29) is 17.3 Å². The minimum absolute atomic E-state index is 0.128. The number of rotatable bonds is 5. The molecule has 3 N–H and O–H groups in total. The van der Waals surface area contributed by atoms with Crippen LogP contribution in [0.2, 0.25) is 0 Å². The number of hydrazone groups is 1. The van der Waals surface area contributed by atoms with Gasteiger partial charge in [-0.1, -0.05) is 42.5 Å². The van der Waals surface area contributed by atoms with Crippen LogP contribution in [0.1, 0.15) is 23.7 Å². The van der Waals surface area contributed by atoms with Gasteiger partial charge in [0.15, 0.2) is 0 Å². The molecular weight excluding hydrogens is 318 g/mol. The summed E-state index contributed by atoms with van der Waals surface area (Å²) in [5.41, 5.74) is 4.78. The van der Waals surface area contributed by atoms with Gasteiger partial charge in [0.25, 0.3) is 5.56 Å². The van der Waals surface area contributed by atoms with Gasteiger partial charge in [-0.2, -0.15) is 5.10 Å². The van der Waals surface area contributed by atoms with Crippen molar-refractivity contribution in [1.29, 1.82) is 0 Å². The Bertz CT molecular complexity index is 951. The number of phenolic OH excluding ortho intramolecular Hbond substituents is 1. The molecule has 25 heavy (non-hydrogen) atoms. The number of nitrogens with zero attached hydrogens (tertiary/aromatic N) is 3. The molecule has 0 amide bonds. The monoisotopic (exact) mass is 335 g/mol. The van der Waals surface area contributed by atoms with Crippen LogP contribution in [0.4, 0.5) is 5.95 Å². The van der Waals surface area contributed by atoms with E-state index >= 15 is 0 Å². The molecule has 0 saturated heterocycles. The average Bonchev–Trinajstić information content (AvgIpc) is 2.63. The summed E-state index contributed by atoms with van der Waals surface area (Å²) in [5, 5.41) is 21.8. The number of para-hydroxylation sites is 1. The molecule has 0 saturated carbocycles. The van der Waals surface area contributed by atoms with E-state index < -0.39 is 0 Å². The van der Waals surface area contributed by atoms with Gasteiger partial charge in [-0.15, -0.1) is 10.2 Å². The second-order valence-electron chi connectivity index (χ2n) is 5.44. The second-order valence-corrected chi connectivity index (χ2v) is 5.44. The van der Waals surface area contributed by atoms with Gasteiger partial charge in [-0.25, -0.2) is 5.43 Å². The molecule has 0 bridgehead atoms. The van der Waals surface area contributed by atoms with Crippen molar-refractivity contribution in [3.05, 3.63) is 81.8 Å². The third kappa shape index (κ3) is 4.08. The maximum atomic E-state index is 12.1. The Hall–Kier alpha value is -3.48. The van der Waals surface area contributed by atoms with E-state index in [1.807, 2.05) is 30.3 Å². The van der Waals surface area contributed by atoms with E-state index in [4.69, 9.17) is 0 Å². The van der Waals surface area contributed by atoms with Crippen molar-refractivity contribution in [3.8, 4) is 5.75 Å². The highest BCUT2D eigenvalue weighted by Gasteiger charge is 2.07. The lowest BCUT2D eigenvalue weighted by Crippen LogP contribution is -2.19. The zero-order chi connectivity index (χ0) is 17.6. The fourth-order valence-corrected chi connectivity index (χ4v) is 2.29. The van der Waals surface area contributed by atoms with E-state index in [9.17, 15) is 9.90 Å². The van der Waals surface area contributed by atoms with Crippen LogP contribution >= 0.6 is 0 Å². The van der Waals surface area contributed by atoms with Crippen molar-refractivity contribution in [3.63, 3.8) is 0 Å². The Balaban J connectivity index is 1.74. The standard InChI is InChI=1S/C18H17N5O2/c1-12(14-9-5-6-10-16(14)24)20-22-18-19-17(25)15(21-23-18)11-13-7-3-2-4-8-13/h2-10,24H,11H2,1H3,(H2,19,22,23,25)/b20-12-. The van der Waals surface area contributed by atoms with Crippen LogP contribution in [0.3, 0.4) is 0 Å². The third-order valence-electron chi connectivity index (χ3n) is 3.60. The molecule has 7 nitrogen and oxygen atoms in total. The van der Waals surface area contributed by atoms with E-state index in [2.05, 4.69) is 25.7 Å². The fourth-order valence-electron chi connectivity index (χ4n) is 2.29. The maximum Gasteiger partial charge on any atom is 0.274 e. The molecule has 3 aromatic rings. The number of anilines is 1. The molecule has 0 aliphatic heterocycles. The Labute approximate surface area is 144 Å². The molecule has 0 spiro atoms. The summed E-state index contributed by atoms with van der Waals surface area (Å²) < 4.78 is 0. The normalized spacial score (nSPS) is 11.3. The number of benzene rings is 2. The van der Waals surface area contributed by atoms with E-state index in [1.54, 1.807) is 31.2 Å². The Morgan fingerprint density at radius 2 is 1.84 bits per heavy atom. The predicted molar refractivity (Wildman–Crippen MR) is 95.8 cm³/mol. The van der Waals surface area contributed by atoms with Gasteiger partial charge in [0.1, 0.15) is 11.4 Å². The number of aromatic hydroxyl groups is 1. The zero-order valence-electron chi connectivity index (χ0n) is 13.6. The molecule has 0 aliphatic carbocycles. The molecule has 1 aromatic heterocycles. The lowest BCUT2D eigenvalue weighted by atomic mass is 10.1. The van der Waals surface area contributed by atoms with Crippen molar-refractivity contribution >= 4 is 11.7 Å². The SMILES string of the molecule is C/C(=N/Nc1nnc(Cc2ccccc2)c(=O)[nH]1)c1ccccc1O. The molecular formula is C18H17N5O2. The molecule has 126 valence electrons. The summed E-state index contributed by atoms with van der Waals surface area (Å²) in [6.07, 6.45) is 0.406. The lowest BCUT2D eigenvalue weighted by Gasteiger charge is -2.05. The van der Waals surface area contributed by atoms with Crippen molar-refractivity contribution in [1.82, 2.24) is 15.2 Å². The number of aromatic amines is 1. The van der Waals surface area contributed by atoms with Crippen molar-refractivity contribution in [2.75, 3.05) is 5.43 Å². The first-order valence-corrected chi connectivity index (χ1v) is 7.72. The van der Waals surface area contributed by atoms with Crippen LogP contribution in [0.25, 0.3) is 0 Å². The van der Waals surface area contributed by atoms with E-state index in [0.717, 1.165) is 5.56 Å². The van der Waals surface area contributed by atoms with Crippen molar-refractivity contribution in [2.24, 2.45) is 5.10 Å². The van der Waals surface area contributed by atoms with Gasteiger partial charge in [-0.3, -0.25) is 9.78 Å². The van der Waals surface area contributed by atoms with Crippen LogP contribution in [-0.2, 0) is 6.42 Å². The highest BCUT2D eigenvalue weighted by Crippen LogP contribution is 2.16. The highest BCUT2D eigenvalue weighted by atomic mass is 16.3.